The molecule has 0 amide bonds. The lowest BCUT2D eigenvalue weighted by Crippen LogP contribution is -2.53. The number of ketones is 1. The van der Waals surface area contributed by atoms with Gasteiger partial charge in [0.05, 0.1) is 6.10 Å². The number of hydrogen-bond acceptors (Lipinski definition) is 2. The van der Waals surface area contributed by atoms with Crippen LogP contribution in [0.5, 0.6) is 0 Å². The highest BCUT2D eigenvalue weighted by Gasteiger charge is 2.61. The quantitative estimate of drug-likeness (QED) is 0.529. The van der Waals surface area contributed by atoms with Crippen LogP contribution in [-0.2, 0) is 4.79 Å². The topological polar surface area (TPSA) is 37.3 Å². The SMILES string of the molecule is CC(C)[C@@H](C)/C=C/[C@@H](C)[C@H]1CC[C@H]2[C@@H]3C(=O)C=C4CC(O)CC[C@]4(C)[C@H]3CC[C@]12C. The monoisotopic (exact) mass is 412 g/mol. The highest BCUT2D eigenvalue weighted by atomic mass is 16.3. The van der Waals surface area contributed by atoms with Gasteiger partial charge in [0.2, 0.25) is 0 Å². The zero-order valence-corrected chi connectivity index (χ0v) is 20.2. The molecule has 0 aromatic carbocycles. The van der Waals surface area contributed by atoms with E-state index in [9.17, 15) is 9.90 Å². The molecule has 3 fully saturated rings. The van der Waals surface area contributed by atoms with Gasteiger partial charge in [0.1, 0.15) is 0 Å². The number of allylic oxidation sites excluding steroid dienone is 3. The first-order valence-electron chi connectivity index (χ1n) is 12.7. The Bertz CT molecular complexity index is 733. The van der Waals surface area contributed by atoms with E-state index < -0.39 is 0 Å². The molecule has 4 aliphatic carbocycles. The summed E-state index contributed by atoms with van der Waals surface area (Å²) in [6.45, 7) is 14.3. The van der Waals surface area contributed by atoms with E-state index in [-0.39, 0.29) is 22.9 Å². The molecule has 0 radical (unpaired) electrons. The van der Waals surface area contributed by atoms with Crippen LogP contribution in [0.15, 0.2) is 23.8 Å². The molecule has 168 valence electrons. The molecule has 0 aliphatic heterocycles. The summed E-state index contributed by atoms with van der Waals surface area (Å²) >= 11 is 0. The van der Waals surface area contributed by atoms with E-state index in [4.69, 9.17) is 0 Å². The zero-order chi connectivity index (χ0) is 21.8. The van der Waals surface area contributed by atoms with Crippen molar-refractivity contribution in [3.05, 3.63) is 23.8 Å². The molecule has 0 spiro atoms. The van der Waals surface area contributed by atoms with Gasteiger partial charge in [-0.1, -0.05) is 59.3 Å². The summed E-state index contributed by atoms with van der Waals surface area (Å²) in [6.07, 6.45) is 14.2. The Kier molecular flexibility index (Phi) is 5.88. The van der Waals surface area contributed by atoms with E-state index in [2.05, 4.69) is 53.7 Å². The summed E-state index contributed by atoms with van der Waals surface area (Å²) < 4.78 is 0. The van der Waals surface area contributed by atoms with Crippen LogP contribution in [0, 0.1) is 52.3 Å². The zero-order valence-electron chi connectivity index (χ0n) is 20.2. The van der Waals surface area contributed by atoms with Gasteiger partial charge in [0.25, 0.3) is 0 Å². The second-order valence-corrected chi connectivity index (χ2v) is 12.2. The first-order chi connectivity index (χ1) is 14.1. The second-order valence-electron chi connectivity index (χ2n) is 12.2. The van der Waals surface area contributed by atoms with Crippen LogP contribution in [0.1, 0.15) is 86.5 Å². The van der Waals surface area contributed by atoms with Gasteiger partial charge in [0.15, 0.2) is 5.78 Å². The Hall–Kier alpha value is -0.890. The number of hydrogen-bond donors (Lipinski definition) is 1. The maximum absolute atomic E-state index is 13.4. The van der Waals surface area contributed by atoms with Gasteiger partial charge in [-0.2, -0.15) is 0 Å². The summed E-state index contributed by atoms with van der Waals surface area (Å²) in [7, 11) is 0. The number of aliphatic hydroxyl groups is 1. The Morgan fingerprint density at radius 3 is 2.43 bits per heavy atom. The van der Waals surface area contributed by atoms with Gasteiger partial charge < -0.3 is 5.11 Å². The van der Waals surface area contributed by atoms with Gasteiger partial charge in [-0.3, -0.25) is 4.79 Å². The van der Waals surface area contributed by atoms with Crippen LogP contribution in [0.4, 0.5) is 0 Å². The first-order valence-corrected chi connectivity index (χ1v) is 12.7. The average molecular weight is 413 g/mol. The number of carbonyl (C=O) groups excluding carboxylic acids is 1. The summed E-state index contributed by atoms with van der Waals surface area (Å²) in [5.74, 6) is 4.21. The second kappa shape index (κ2) is 7.91. The molecule has 0 saturated heterocycles. The minimum absolute atomic E-state index is 0.134. The van der Waals surface area contributed by atoms with Crippen LogP contribution in [0.3, 0.4) is 0 Å². The van der Waals surface area contributed by atoms with Gasteiger partial charge in [-0.15, -0.1) is 0 Å². The fourth-order valence-corrected chi connectivity index (χ4v) is 7.99. The maximum atomic E-state index is 13.4. The molecule has 0 aromatic rings. The molecule has 1 unspecified atom stereocenters. The largest absolute Gasteiger partial charge is 0.393 e. The summed E-state index contributed by atoms with van der Waals surface area (Å²) in [5, 5.41) is 10.2. The average Bonchev–Trinajstić information content (AvgIpc) is 3.04. The Morgan fingerprint density at radius 1 is 1.00 bits per heavy atom. The van der Waals surface area contributed by atoms with Crippen molar-refractivity contribution in [2.45, 2.75) is 92.6 Å². The van der Waals surface area contributed by atoms with Crippen molar-refractivity contribution in [2.24, 2.45) is 52.3 Å². The molecule has 2 heteroatoms. The first kappa shape index (κ1) is 22.3. The number of rotatable bonds is 4. The molecule has 2 nitrogen and oxygen atoms in total. The third-order valence-electron chi connectivity index (χ3n) is 10.4. The Balaban J connectivity index is 1.58. The van der Waals surface area contributed by atoms with Gasteiger partial charge in [0, 0.05) is 5.92 Å². The van der Waals surface area contributed by atoms with Gasteiger partial charge >= 0.3 is 0 Å². The summed E-state index contributed by atoms with van der Waals surface area (Å²) in [5.41, 5.74) is 1.68. The van der Waals surface area contributed by atoms with Crippen molar-refractivity contribution >= 4 is 5.78 Å². The normalized spacial score (nSPS) is 45.7. The maximum Gasteiger partial charge on any atom is 0.159 e. The van der Waals surface area contributed by atoms with Crippen molar-refractivity contribution in [3.63, 3.8) is 0 Å². The third-order valence-corrected chi connectivity index (χ3v) is 10.4. The van der Waals surface area contributed by atoms with E-state index >= 15 is 0 Å². The molecule has 3 saturated carbocycles. The standard InChI is InChI=1S/C28H44O2/c1-17(2)18(3)7-8-19(4)22-9-10-23-26-24(12-14-28(22,23)6)27(5)13-11-21(29)15-20(27)16-25(26)30/h7-8,16-19,21-24,26,29H,9-15H2,1-6H3/b8-7+/t18-,19+,21?,22+,23-,24-,26-,27-,28+/m0/s1. The van der Waals surface area contributed by atoms with Crippen molar-refractivity contribution in [1.29, 1.82) is 0 Å². The Morgan fingerprint density at radius 2 is 1.73 bits per heavy atom. The lowest BCUT2D eigenvalue weighted by molar-refractivity contribution is -0.134. The lowest BCUT2D eigenvalue weighted by atomic mass is 9.46. The molecular formula is C28H44O2. The van der Waals surface area contributed by atoms with Crippen molar-refractivity contribution in [2.75, 3.05) is 0 Å². The van der Waals surface area contributed by atoms with Crippen LogP contribution >= 0.6 is 0 Å². The van der Waals surface area contributed by atoms with Gasteiger partial charge in [-0.25, -0.2) is 0 Å². The van der Waals surface area contributed by atoms with E-state index in [1.165, 1.54) is 31.3 Å². The highest BCUT2D eigenvalue weighted by molar-refractivity contribution is 5.94. The molecule has 0 heterocycles. The number of aliphatic hydroxyl groups excluding tert-OH is 1. The minimum atomic E-state index is -0.251. The molecule has 9 atom stereocenters. The molecule has 4 aliphatic rings. The van der Waals surface area contributed by atoms with E-state index in [1.807, 2.05) is 6.08 Å². The van der Waals surface area contributed by atoms with Crippen molar-refractivity contribution < 1.29 is 9.90 Å². The van der Waals surface area contributed by atoms with E-state index in [0.29, 0.717) is 47.7 Å². The predicted octanol–water partition coefficient (Wildman–Crippen LogP) is 6.59. The van der Waals surface area contributed by atoms with Crippen LogP contribution in [-0.4, -0.2) is 17.0 Å². The Labute approximate surface area is 184 Å². The minimum Gasteiger partial charge on any atom is -0.393 e. The lowest BCUT2D eigenvalue weighted by Gasteiger charge is -2.57. The van der Waals surface area contributed by atoms with Gasteiger partial charge in [-0.05, 0) is 97.4 Å². The van der Waals surface area contributed by atoms with Crippen molar-refractivity contribution in [1.82, 2.24) is 0 Å². The number of carbonyl (C=O) groups is 1. The van der Waals surface area contributed by atoms with E-state index in [1.54, 1.807) is 0 Å². The van der Waals surface area contributed by atoms with Crippen LogP contribution in [0.2, 0.25) is 0 Å². The molecule has 30 heavy (non-hydrogen) atoms. The predicted molar refractivity (Wildman–Crippen MR) is 124 cm³/mol. The molecule has 4 rings (SSSR count). The smallest absolute Gasteiger partial charge is 0.159 e. The molecular weight excluding hydrogens is 368 g/mol. The summed E-state index contributed by atoms with van der Waals surface area (Å²) in [6, 6.07) is 0. The third kappa shape index (κ3) is 3.46. The molecule has 0 aromatic heterocycles. The van der Waals surface area contributed by atoms with Crippen LogP contribution in [0.25, 0.3) is 0 Å². The molecule has 1 N–H and O–H groups in total. The molecule has 0 bridgehead atoms. The van der Waals surface area contributed by atoms with Crippen LogP contribution < -0.4 is 0 Å². The highest BCUT2D eigenvalue weighted by Crippen LogP contribution is 2.66. The fourth-order valence-electron chi connectivity index (χ4n) is 7.99. The van der Waals surface area contributed by atoms with E-state index in [0.717, 1.165) is 12.8 Å². The number of fused-ring (bicyclic) bond motifs is 5. The summed E-state index contributed by atoms with van der Waals surface area (Å²) in [4.78, 5) is 13.4. The van der Waals surface area contributed by atoms with Crippen molar-refractivity contribution in [3.8, 4) is 0 Å². The fraction of sp³-hybridized carbons (Fsp3) is 0.821.